The molecule has 0 aromatic carbocycles. The normalized spacial score (nSPS) is 19.1. The van der Waals surface area contributed by atoms with Crippen LogP contribution in [-0.2, 0) is 23.9 Å². The van der Waals surface area contributed by atoms with Crippen LogP contribution >= 0.6 is 0 Å². The van der Waals surface area contributed by atoms with Gasteiger partial charge in [0.25, 0.3) is 0 Å². The Bertz CT molecular complexity index is 587. The Morgan fingerprint density at radius 1 is 0.645 bits per heavy atom. The van der Waals surface area contributed by atoms with Crippen LogP contribution in [0.5, 0.6) is 0 Å². The topological polar surface area (TPSA) is 160 Å². The number of nitrogens with zero attached hydrogens (tertiary/aromatic N) is 3. The number of rotatable bonds is 8. The van der Waals surface area contributed by atoms with E-state index in [-0.39, 0.29) is 19.6 Å². The molecular formula is C19H34N4O8. The Morgan fingerprint density at radius 3 is 1.55 bits per heavy atom. The summed E-state index contributed by atoms with van der Waals surface area (Å²) in [5, 5.41) is 30.2. The molecule has 1 rings (SSSR count). The molecule has 0 amide bonds. The minimum Gasteiger partial charge on any atom is -0.480 e. The smallest absolute Gasteiger partial charge is 0.341 e. The lowest BCUT2D eigenvalue weighted by molar-refractivity contribution is -0.155. The highest BCUT2D eigenvalue weighted by molar-refractivity contribution is 5.76. The molecule has 0 atom stereocenters. The summed E-state index contributed by atoms with van der Waals surface area (Å²) in [7, 11) is 0. The molecule has 1 heterocycles. The summed E-state index contributed by atoms with van der Waals surface area (Å²) in [5.74, 6) is -3.70. The van der Waals surface area contributed by atoms with E-state index in [1.54, 1.807) is 4.90 Å². The largest absolute Gasteiger partial charge is 0.480 e. The van der Waals surface area contributed by atoms with Crippen molar-refractivity contribution in [2.75, 3.05) is 78.6 Å². The molecule has 1 aliphatic rings. The van der Waals surface area contributed by atoms with Gasteiger partial charge in [-0.15, -0.1) is 0 Å². The zero-order valence-corrected chi connectivity index (χ0v) is 17.8. The van der Waals surface area contributed by atoms with Gasteiger partial charge in [-0.1, -0.05) is 0 Å². The van der Waals surface area contributed by atoms with Crippen LogP contribution in [-0.4, -0.2) is 132 Å². The van der Waals surface area contributed by atoms with Crippen molar-refractivity contribution in [1.82, 2.24) is 20.0 Å². The van der Waals surface area contributed by atoms with Crippen LogP contribution in [0.15, 0.2) is 0 Å². The maximum Gasteiger partial charge on any atom is 0.341 e. The van der Waals surface area contributed by atoms with E-state index in [2.05, 4.69) is 5.32 Å². The van der Waals surface area contributed by atoms with Gasteiger partial charge in [0.05, 0.1) is 19.6 Å². The molecule has 178 valence electrons. The molecule has 31 heavy (non-hydrogen) atoms. The van der Waals surface area contributed by atoms with Gasteiger partial charge in [0, 0.05) is 19.6 Å². The molecule has 0 aromatic rings. The Kier molecular flexibility index (Phi) is 13.4. The van der Waals surface area contributed by atoms with E-state index in [0.717, 1.165) is 25.9 Å². The van der Waals surface area contributed by atoms with Crippen LogP contribution in [0.25, 0.3) is 0 Å². The molecule has 0 spiro atoms. The van der Waals surface area contributed by atoms with E-state index in [1.807, 2.05) is 9.80 Å². The molecule has 12 heteroatoms. The third kappa shape index (κ3) is 14.4. The lowest BCUT2D eigenvalue weighted by atomic mass is 10.3. The molecule has 0 bridgehead atoms. The minimum absolute atomic E-state index is 0.0292. The maximum atomic E-state index is 11.9. The zero-order chi connectivity index (χ0) is 23.1. The van der Waals surface area contributed by atoms with Gasteiger partial charge in [-0.2, -0.15) is 0 Å². The lowest BCUT2D eigenvalue weighted by Crippen LogP contribution is -2.41. The van der Waals surface area contributed by atoms with Crippen molar-refractivity contribution in [1.29, 1.82) is 0 Å². The molecule has 1 fully saturated rings. The molecular weight excluding hydrogens is 412 g/mol. The van der Waals surface area contributed by atoms with Gasteiger partial charge in [0.2, 0.25) is 0 Å². The van der Waals surface area contributed by atoms with Crippen molar-refractivity contribution < 1.29 is 39.2 Å². The van der Waals surface area contributed by atoms with Gasteiger partial charge >= 0.3 is 23.9 Å². The average Bonchev–Trinajstić information content (AvgIpc) is 2.68. The van der Waals surface area contributed by atoms with Gasteiger partial charge in [-0.3, -0.25) is 29.1 Å². The molecule has 0 aliphatic carbocycles. The lowest BCUT2D eigenvalue weighted by Gasteiger charge is -2.27. The van der Waals surface area contributed by atoms with E-state index in [9.17, 15) is 24.3 Å². The number of carbonyl (C=O) groups is 4. The molecule has 0 unspecified atom stereocenters. The highest BCUT2D eigenvalue weighted by atomic mass is 16.5. The van der Waals surface area contributed by atoms with Gasteiger partial charge < -0.3 is 25.4 Å². The SMILES string of the molecule is O=C(O)COC(=O)CN1CCCNCCCN(CC(=O)O)CCN(CC(=O)O)CCC1. The molecule has 0 radical (unpaired) electrons. The summed E-state index contributed by atoms with van der Waals surface area (Å²) < 4.78 is 4.71. The minimum atomic E-state index is -1.21. The Balaban J connectivity index is 2.70. The van der Waals surface area contributed by atoms with Crippen LogP contribution in [0.3, 0.4) is 0 Å². The Labute approximate surface area is 181 Å². The van der Waals surface area contributed by atoms with Crippen molar-refractivity contribution in [3.05, 3.63) is 0 Å². The number of carboxylic acids is 3. The molecule has 12 nitrogen and oxygen atoms in total. The van der Waals surface area contributed by atoms with E-state index in [4.69, 9.17) is 14.9 Å². The first-order valence-electron chi connectivity index (χ1n) is 10.4. The third-order valence-corrected chi connectivity index (χ3v) is 4.76. The molecule has 1 saturated heterocycles. The van der Waals surface area contributed by atoms with Crippen LogP contribution in [0.4, 0.5) is 0 Å². The number of carbonyl (C=O) groups excluding carboxylic acids is 1. The monoisotopic (exact) mass is 446 g/mol. The molecule has 0 aromatic heterocycles. The summed E-state index contributed by atoms with van der Waals surface area (Å²) in [6, 6.07) is 0. The van der Waals surface area contributed by atoms with Gasteiger partial charge in [-0.25, -0.2) is 4.79 Å². The van der Waals surface area contributed by atoms with E-state index in [1.165, 1.54) is 0 Å². The van der Waals surface area contributed by atoms with E-state index >= 15 is 0 Å². The second kappa shape index (κ2) is 15.5. The van der Waals surface area contributed by atoms with Crippen molar-refractivity contribution >= 4 is 23.9 Å². The van der Waals surface area contributed by atoms with E-state index in [0.29, 0.717) is 45.7 Å². The van der Waals surface area contributed by atoms with E-state index < -0.39 is 30.5 Å². The molecule has 0 saturated carbocycles. The zero-order valence-electron chi connectivity index (χ0n) is 17.8. The third-order valence-electron chi connectivity index (χ3n) is 4.76. The summed E-state index contributed by atoms with van der Waals surface area (Å²) in [6.07, 6.45) is 2.13. The number of hydrogen-bond acceptors (Lipinski definition) is 9. The van der Waals surface area contributed by atoms with Crippen LogP contribution in [0, 0.1) is 0 Å². The fraction of sp³-hybridized carbons (Fsp3) is 0.789. The number of nitrogens with one attached hydrogen (secondary N) is 1. The highest BCUT2D eigenvalue weighted by Crippen LogP contribution is 2.01. The second-order valence-electron chi connectivity index (χ2n) is 7.48. The number of ether oxygens (including phenoxy) is 1. The predicted molar refractivity (Wildman–Crippen MR) is 110 cm³/mol. The van der Waals surface area contributed by atoms with Gasteiger partial charge in [0.1, 0.15) is 0 Å². The summed E-state index contributed by atoms with van der Waals surface area (Å²) in [6.45, 7) is 3.59. The van der Waals surface area contributed by atoms with Crippen molar-refractivity contribution in [3.8, 4) is 0 Å². The summed E-state index contributed by atoms with van der Waals surface area (Å²) in [4.78, 5) is 50.2. The van der Waals surface area contributed by atoms with Gasteiger partial charge in [-0.05, 0) is 52.0 Å². The molecule has 1 aliphatic heterocycles. The van der Waals surface area contributed by atoms with Crippen LogP contribution in [0.2, 0.25) is 0 Å². The second-order valence-corrected chi connectivity index (χ2v) is 7.48. The molecule has 4 N–H and O–H groups in total. The number of esters is 1. The maximum absolute atomic E-state index is 11.9. The number of carboxylic acid groups (broad SMARTS) is 3. The van der Waals surface area contributed by atoms with Crippen molar-refractivity contribution in [3.63, 3.8) is 0 Å². The summed E-state index contributed by atoms with van der Waals surface area (Å²) >= 11 is 0. The van der Waals surface area contributed by atoms with Crippen molar-refractivity contribution in [2.24, 2.45) is 0 Å². The predicted octanol–water partition coefficient (Wildman–Crippen LogP) is -1.54. The quantitative estimate of drug-likeness (QED) is 0.319. The standard InChI is InChI=1S/C19H34N4O8/c24-16(25)12-22-7-2-5-20-4-1-6-21(14-19(30)31-15-18(28)29)8-3-9-23(11-10-22)13-17(26)27/h20H,1-15H2,(H,24,25)(H,26,27)(H,28,29). The van der Waals surface area contributed by atoms with Gasteiger partial charge in [0.15, 0.2) is 6.61 Å². The van der Waals surface area contributed by atoms with Crippen molar-refractivity contribution in [2.45, 2.75) is 19.3 Å². The van der Waals surface area contributed by atoms with Crippen LogP contribution in [0.1, 0.15) is 19.3 Å². The first-order chi connectivity index (χ1) is 14.8. The Morgan fingerprint density at radius 2 is 1.10 bits per heavy atom. The number of aliphatic carboxylic acids is 3. The highest BCUT2D eigenvalue weighted by Gasteiger charge is 2.17. The fourth-order valence-corrected chi connectivity index (χ4v) is 3.34. The van der Waals surface area contributed by atoms with Crippen LogP contribution < -0.4 is 5.32 Å². The number of hydrogen-bond donors (Lipinski definition) is 4. The Hall–Kier alpha value is -2.28. The first kappa shape index (κ1) is 26.8. The summed E-state index contributed by atoms with van der Waals surface area (Å²) in [5.41, 5.74) is 0. The fourth-order valence-electron chi connectivity index (χ4n) is 3.34. The first-order valence-corrected chi connectivity index (χ1v) is 10.4. The average molecular weight is 447 g/mol.